The monoisotopic (exact) mass is 373 g/mol. The number of nitrogens with one attached hydrogen (secondary N) is 1. The van der Waals surface area contributed by atoms with Crippen molar-refractivity contribution in [3.8, 4) is 5.75 Å². The van der Waals surface area contributed by atoms with Crippen LogP contribution in [0.3, 0.4) is 0 Å². The lowest BCUT2D eigenvalue weighted by Crippen LogP contribution is -2.27. The average molecular weight is 373 g/mol. The lowest BCUT2D eigenvalue weighted by Gasteiger charge is -2.13. The van der Waals surface area contributed by atoms with Gasteiger partial charge in [0.25, 0.3) is 0 Å². The summed E-state index contributed by atoms with van der Waals surface area (Å²) in [6.45, 7) is -0.463. The molecule has 3 unspecified atom stereocenters. The Kier molecular flexibility index (Phi) is 4.20. The molecule has 0 aromatic heterocycles. The molecule has 0 aliphatic heterocycles. The van der Waals surface area contributed by atoms with Crippen LogP contribution in [0.1, 0.15) is 23.5 Å². The van der Waals surface area contributed by atoms with Crippen LogP contribution in [0.25, 0.3) is 0 Å². The number of aryl methyl sites for hydroxylation is 1. The van der Waals surface area contributed by atoms with Crippen molar-refractivity contribution in [2.75, 3.05) is 6.61 Å². The van der Waals surface area contributed by atoms with Crippen molar-refractivity contribution >= 4 is 16.0 Å². The molecule has 7 heteroatoms. The Bertz CT molecular complexity index is 939. The van der Waals surface area contributed by atoms with Crippen LogP contribution >= 0.6 is 0 Å². The first-order chi connectivity index (χ1) is 12.5. The van der Waals surface area contributed by atoms with Gasteiger partial charge in [-0.2, -0.15) is 0 Å². The van der Waals surface area contributed by atoms with Crippen molar-refractivity contribution < 1.29 is 23.1 Å². The zero-order valence-corrected chi connectivity index (χ0v) is 14.8. The third-order valence-electron chi connectivity index (χ3n) is 5.12. The highest BCUT2D eigenvalue weighted by molar-refractivity contribution is 7.89. The number of rotatable bonds is 6. The van der Waals surface area contributed by atoms with Gasteiger partial charge >= 0.3 is 5.97 Å². The van der Waals surface area contributed by atoms with E-state index in [0.29, 0.717) is 11.7 Å². The van der Waals surface area contributed by atoms with Crippen molar-refractivity contribution in [3.05, 3.63) is 59.7 Å². The Hall–Kier alpha value is -2.38. The first-order valence-corrected chi connectivity index (χ1v) is 9.99. The molecule has 0 saturated heterocycles. The van der Waals surface area contributed by atoms with Crippen LogP contribution in [0.15, 0.2) is 53.4 Å². The minimum Gasteiger partial charge on any atom is -0.482 e. The zero-order chi connectivity index (χ0) is 18.3. The molecule has 2 aromatic carbocycles. The molecular formula is C19H19NO5S. The van der Waals surface area contributed by atoms with Crippen LogP contribution in [0.5, 0.6) is 5.75 Å². The van der Waals surface area contributed by atoms with Crippen LogP contribution in [0, 0.1) is 5.92 Å². The number of hydrogen-bond acceptors (Lipinski definition) is 4. The Morgan fingerprint density at radius 1 is 1.15 bits per heavy atom. The first kappa shape index (κ1) is 17.1. The van der Waals surface area contributed by atoms with E-state index in [1.54, 1.807) is 0 Å². The second-order valence-electron chi connectivity index (χ2n) is 6.73. The number of aliphatic carboxylic acids is 1. The molecule has 26 heavy (non-hydrogen) atoms. The van der Waals surface area contributed by atoms with Gasteiger partial charge in [-0.15, -0.1) is 0 Å². The molecular weight excluding hydrogens is 354 g/mol. The largest absolute Gasteiger partial charge is 0.482 e. The van der Waals surface area contributed by atoms with E-state index < -0.39 is 22.6 Å². The van der Waals surface area contributed by atoms with Crippen LogP contribution in [0.2, 0.25) is 0 Å². The summed E-state index contributed by atoms with van der Waals surface area (Å²) in [5.41, 5.74) is 2.57. The first-order valence-electron chi connectivity index (χ1n) is 8.50. The van der Waals surface area contributed by atoms with E-state index >= 15 is 0 Å². The Labute approximate surface area is 151 Å². The van der Waals surface area contributed by atoms with Crippen LogP contribution in [-0.4, -0.2) is 32.1 Å². The highest BCUT2D eigenvalue weighted by Gasteiger charge is 2.54. The third kappa shape index (κ3) is 3.20. The summed E-state index contributed by atoms with van der Waals surface area (Å²) in [6.07, 6.45) is 1.99. The molecule has 2 aliphatic rings. The van der Waals surface area contributed by atoms with Gasteiger partial charge in [-0.25, -0.2) is 17.9 Å². The second kappa shape index (κ2) is 6.41. The molecule has 2 aliphatic carbocycles. The van der Waals surface area contributed by atoms with Crippen molar-refractivity contribution in [2.24, 2.45) is 5.92 Å². The van der Waals surface area contributed by atoms with Gasteiger partial charge in [0.15, 0.2) is 6.61 Å². The molecule has 3 atom stereocenters. The van der Waals surface area contributed by atoms with Gasteiger partial charge in [0.2, 0.25) is 10.0 Å². The number of hydrogen-bond donors (Lipinski definition) is 2. The Morgan fingerprint density at radius 3 is 2.62 bits per heavy atom. The lowest BCUT2D eigenvalue weighted by atomic mass is 9.92. The number of carboxylic acid groups (broad SMARTS) is 1. The summed E-state index contributed by atoms with van der Waals surface area (Å²) in [5, 5.41) is 8.61. The smallest absolute Gasteiger partial charge is 0.341 e. The van der Waals surface area contributed by atoms with Crippen LogP contribution in [-0.2, 0) is 21.2 Å². The number of fused-ring (bicyclic) bond motifs is 3. The molecule has 0 bridgehead atoms. The third-order valence-corrected chi connectivity index (χ3v) is 6.59. The topological polar surface area (TPSA) is 92.7 Å². The maximum absolute atomic E-state index is 12.7. The maximum Gasteiger partial charge on any atom is 0.341 e. The highest BCUT2D eigenvalue weighted by atomic mass is 32.2. The summed E-state index contributed by atoms with van der Waals surface area (Å²) in [5.74, 6) is -0.147. The summed E-state index contributed by atoms with van der Waals surface area (Å²) in [6, 6.07) is 14.0. The van der Waals surface area contributed by atoms with Gasteiger partial charge in [-0.3, -0.25) is 0 Å². The summed E-state index contributed by atoms with van der Waals surface area (Å²) >= 11 is 0. The SMILES string of the molecule is O=C(O)COc1ccc(S(=O)(=O)NC2C3CCc4ccccc4C32)cc1. The fourth-order valence-electron chi connectivity index (χ4n) is 3.83. The molecule has 0 heterocycles. The molecule has 4 rings (SSSR count). The normalized spacial score (nSPS) is 23.6. The van der Waals surface area contributed by atoms with Gasteiger partial charge in [-0.1, -0.05) is 24.3 Å². The fraction of sp³-hybridized carbons (Fsp3) is 0.316. The van der Waals surface area contributed by atoms with E-state index in [4.69, 9.17) is 9.84 Å². The van der Waals surface area contributed by atoms with Crippen molar-refractivity contribution in [2.45, 2.75) is 29.7 Å². The number of ether oxygens (including phenoxy) is 1. The molecule has 2 aromatic rings. The molecule has 2 N–H and O–H groups in total. The van der Waals surface area contributed by atoms with Gasteiger partial charge in [0.05, 0.1) is 4.90 Å². The number of carboxylic acids is 1. The molecule has 136 valence electrons. The predicted molar refractivity (Wildman–Crippen MR) is 94.7 cm³/mol. The van der Waals surface area contributed by atoms with Gasteiger partial charge in [0, 0.05) is 12.0 Å². The van der Waals surface area contributed by atoms with Gasteiger partial charge in [0.1, 0.15) is 5.75 Å². The van der Waals surface area contributed by atoms with Crippen LogP contribution in [0.4, 0.5) is 0 Å². The summed E-state index contributed by atoms with van der Waals surface area (Å²) in [7, 11) is -3.63. The number of benzene rings is 2. The van der Waals surface area contributed by atoms with Gasteiger partial charge in [-0.05, 0) is 54.2 Å². The van der Waals surface area contributed by atoms with E-state index in [1.807, 2.05) is 12.1 Å². The highest BCUT2D eigenvalue weighted by Crippen LogP contribution is 2.54. The van der Waals surface area contributed by atoms with Crippen molar-refractivity contribution in [1.82, 2.24) is 4.72 Å². The Morgan fingerprint density at radius 2 is 1.88 bits per heavy atom. The number of carbonyl (C=O) groups is 1. The Balaban J connectivity index is 1.46. The van der Waals surface area contributed by atoms with Crippen molar-refractivity contribution in [1.29, 1.82) is 0 Å². The van der Waals surface area contributed by atoms with E-state index in [1.165, 1.54) is 35.4 Å². The quantitative estimate of drug-likeness (QED) is 0.809. The van der Waals surface area contributed by atoms with E-state index in [0.717, 1.165) is 12.8 Å². The molecule has 1 fully saturated rings. The lowest BCUT2D eigenvalue weighted by molar-refractivity contribution is -0.139. The molecule has 1 saturated carbocycles. The van der Waals surface area contributed by atoms with Crippen LogP contribution < -0.4 is 9.46 Å². The standard InChI is InChI=1S/C19H19NO5S/c21-17(22)11-25-13-6-8-14(9-7-13)26(23,24)20-19-16-10-5-12-3-1-2-4-15(12)18(16)19/h1-4,6-9,16,18-20H,5,10-11H2,(H,21,22). The molecule has 0 spiro atoms. The number of sulfonamides is 1. The minimum absolute atomic E-state index is 0.0633. The van der Waals surface area contributed by atoms with E-state index in [-0.39, 0.29) is 16.9 Å². The zero-order valence-electron chi connectivity index (χ0n) is 14.0. The molecule has 6 nitrogen and oxygen atoms in total. The minimum atomic E-state index is -3.63. The van der Waals surface area contributed by atoms with Crippen molar-refractivity contribution in [3.63, 3.8) is 0 Å². The molecule has 0 radical (unpaired) electrons. The molecule has 0 amide bonds. The van der Waals surface area contributed by atoms with E-state index in [2.05, 4.69) is 16.9 Å². The average Bonchev–Trinajstić information content (AvgIpc) is 3.33. The fourth-order valence-corrected chi connectivity index (χ4v) is 5.14. The summed E-state index contributed by atoms with van der Waals surface area (Å²) < 4.78 is 33.2. The maximum atomic E-state index is 12.7. The van der Waals surface area contributed by atoms with E-state index in [9.17, 15) is 13.2 Å². The van der Waals surface area contributed by atoms with Gasteiger partial charge < -0.3 is 9.84 Å². The second-order valence-corrected chi connectivity index (χ2v) is 8.44. The predicted octanol–water partition coefficient (Wildman–Crippen LogP) is 2.16. The summed E-state index contributed by atoms with van der Waals surface area (Å²) in [4.78, 5) is 10.7.